The van der Waals surface area contributed by atoms with Gasteiger partial charge in [-0.3, -0.25) is 24.3 Å². The molecule has 2 aromatic carbocycles. The van der Waals surface area contributed by atoms with Crippen LogP contribution in [-0.4, -0.2) is 60.0 Å². The molecule has 0 fully saturated rings. The molecule has 0 atom stereocenters. The maximum absolute atomic E-state index is 12.4. The highest BCUT2D eigenvalue weighted by molar-refractivity contribution is 5.96. The Morgan fingerprint density at radius 2 is 1.46 bits per heavy atom. The molecule has 0 radical (unpaired) electrons. The molecule has 0 aliphatic rings. The van der Waals surface area contributed by atoms with E-state index in [0.717, 1.165) is 28.6 Å². The van der Waals surface area contributed by atoms with Crippen molar-refractivity contribution in [3.63, 3.8) is 0 Å². The molecular weight excluding hydrogens is 472 g/mol. The van der Waals surface area contributed by atoms with Gasteiger partial charge in [0.25, 0.3) is 5.91 Å². The van der Waals surface area contributed by atoms with Gasteiger partial charge in [-0.05, 0) is 37.0 Å². The molecule has 10 heteroatoms. The highest BCUT2D eigenvalue weighted by atomic mass is 16.2. The van der Waals surface area contributed by atoms with E-state index in [2.05, 4.69) is 31.5 Å². The monoisotopic (exact) mass is 506 g/mol. The number of benzene rings is 2. The summed E-state index contributed by atoms with van der Waals surface area (Å²) in [5, 5.41) is 18.9. The minimum absolute atomic E-state index is 0.157. The van der Waals surface area contributed by atoms with E-state index >= 15 is 0 Å². The summed E-state index contributed by atoms with van der Waals surface area (Å²) in [5.74, 6) is -0.735. The summed E-state index contributed by atoms with van der Waals surface area (Å²) in [5.41, 5.74) is 3.24. The predicted octanol–water partition coefficient (Wildman–Crippen LogP) is 2.13. The number of amides is 4. The van der Waals surface area contributed by atoms with Gasteiger partial charge in [0.15, 0.2) is 0 Å². The molecule has 0 bridgehead atoms. The van der Waals surface area contributed by atoms with Crippen LogP contribution < -0.4 is 21.3 Å². The largest absolute Gasteiger partial charge is 0.355 e. The first-order valence-electron chi connectivity index (χ1n) is 12.5. The number of carbonyl (C=O) groups excluding carboxylic acids is 4. The molecule has 1 heterocycles. The molecule has 3 rings (SSSR count). The Morgan fingerprint density at radius 1 is 0.811 bits per heavy atom. The van der Waals surface area contributed by atoms with Crippen molar-refractivity contribution in [2.24, 2.45) is 5.92 Å². The van der Waals surface area contributed by atoms with Gasteiger partial charge in [-0.25, -0.2) is 0 Å². The lowest BCUT2D eigenvalue weighted by atomic mass is 10.1. The zero-order valence-electron chi connectivity index (χ0n) is 21.2. The highest BCUT2D eigenvalue weighted by Gasteiger charge is 2.11. The van der Waals surface area contributed by atoms with Crippen LogP contribution >= 0.6 is 0 Å². The number of fused-ring (bicyclic) bond motifs is 1. The summed E-state index contributed by atoms with van der Waals surface area (Å²) in [7, 11) is 0. The smallest absolute Gasteiger partial charge is 0.251 e. The van der Waals surface area contributed by atoms with Crippen molar-refractivity contribution in [2.45, 2.75) is 33.1 Å². The Hall–Kier alpha value is -4.21. The maximum atomic E-state index is 12.4. The number of hydrogen-bond acceptors (Lipinski definition) is 5. The molecule has 3 aromatic rings. The second-order valence-electron chi connectivity index (χ2n) is 9.14. The summed E-state index contributed by atoms with van der Waals surface area (Å²) < 4.78 is 0. The molecule has 0 saturated heterocycles. The lowest BCUT2D eigenvalue weighted by molar-refractivity contribution is -0.127. The van der Waals surface area contributed by atoms with Crippen molar-refractivity contribution in [1.82, 2.24) is 31.5 Å². The van der Waals surface area contributed by atoms with E-state index < -0.39 is 5.91 Å². The van der Waals surface area contributed by atoms with Gasteiger partial charge in [0, 0.05) is 36.0 Å². The molecular formula is C27H34N6O4. The van der Waals surface area contributed by atoms with Gasteiger partial charge in [0.05, 0.1) is 24.3 Å². The molecule has 1 aromatic heterocycles. The molecule has 0 saturated carbocycles. The van der Waals surface area contributed by atoms with E-state index in [0.29, 0.717) is 37.4 Å². The predicted molar refractivity (Wildman–Crippen MR) is 142 cm³/mol. The Bertz CT molecular complexity index is 1220. The van der Waals surface area contributed by atoms with Gasteiger partial charge < -0.3 is 21.3 Å². The Balaban J connectivity index is 1.29. The number of carbonyl (C=O) groups is 4. The van der Waals surface area contributed by atoms with Gasteiger partial charge >= 0.3 is 0 Å². The third-order valence-corrected chi connectivity index (χ3v) is 5.69. The molecule has 4 amide bonds. The summed E-state index contributed by atoms with van der Waals surface area (Å²) >= 11 is 0. The van der Waals surface area contributed by atoms with Crippen LogP contribution in [0.15, 0.2) is 48.5 Å². The number of para-hydroxylation sites is 1. The minimum Gasteiger partial charge on any atom is -0.355 e. The average Bonchev–Trinajstić information content (AvgIpc) is 3.33. The van der Waals surface area contributed by atoms with Crippen molar-refractivity contribution >= 4 is 34.5 Å². The van der Waals surface area contributed by atoms with Crippen molar-refractivity contribution in [3.8, 4) is 11.3 Å². The van der Waals surface area contributed by atoms with Crippen LogP contribution in [0.25, 0.3) is 22.2 Å². The topological polar surface area (TPSA) is 145 Å². The summed E-state index contributed by atoms with van der Waals surface area (Å²) in [4.78, 5) is 47.7. The van der Waals surface area contributed by atoms with Crippen LogP contribution in [-0.2, 0) is 14.4 Å². The second kappa shape index (κ2) is 13.8. The van der Waals surface area contributed by atoms with Crippen molar-refractivity contribution in [3.05, 3.63) is 54.1 Å². The van der Waals surface area contributed by atoms with Gasteiger partial charge in [0.1, 0.15) is 0 Å². The van der Waals surface area contributed by atoms with E-state index in [4.69, 9.17) is 0 Å². The summed E-state index contributed by atoms with van der Waals surface area (Å²) in [6.45, 7) is 4.46. The lowest BCUT2D eigenvalue weighted by Gasteiger charge is -2.09. The minimum atomic E-state index is -0.424. The molecule has 5 N–H and O–H groups in total. The van der Waals surface area contributed by atoms with Crippen LogP contribution in [0, 0.1) is 5.92 Å². The first-order chi connectivity index (χ1) is 17.8. The van der Waals surface area contributed by atoms with E-state index in [1.807, 2.05) is 50.2 Å². The number of nitrogens with one attached hydrogen (secondary N) is 5. The summed E-state index contributed by atoms with van der Waals surface area (Å²) in [6.07, 6.45) is 1.66. The standard InChI is InChI=1S/C27H34N6O4/c1-18(2)8-13-23(34)30-17-25(36)31-16-24(35)28-14-5-15-29-27(37)20-11-9-19(10-12-20)26-21-6-3-4-7-22(21)32-33-26/h3-4,6-7,9-12,18H,5,8,13-17H2,1-2H3,(H,28,35)(H,29,37)(H,30,34)(H,31,36)(H,32,33). The number of hydrogen-bond donors (Lipinski definition) is 5. The fourth-order valence-corrected chi connectivity index (χ4v) is 3.57. The van der Waals surface area contributed by atoms with Crippen LogP contribution in [0.1, 0.15) is 43.5 Å². The van der Waals surface area contributed by atoms with Gasteiger partial charge in [-0.15, -0.1) is 0 Å². The molecule has 0 spiro atoms. The van der Waals surface area contributed by atoms with Crippen LogP contribution in [0.2, 0.25) is 0 Å². The normalized spacial score (nSPS) is 10.8. The zero-order valence-corrected chi connectivity index (χ0v) is 21.2. The van der Waals surface area contributed by atoms with Gasteiger partial charge in [0.2, 0.25) is 17.7 Å². The Kier molecular flexibility index (Phi) is 10.2. The fourth-order valence-electron chi connectivity index (χ4n) is 3.57. The molecule has 196 valence electrons. The molecule has 0 unspecified atom stereocenters. The molecule has 10 nitrogen and oxygen atoms in total. The third kappa shape index (κ3) is 8.75. The third-order valence-electron chi connectivity index (χ3n) is 5.69. The second-order valence-corrected chi connectivity index (χ2v) is 9.14. The van der Waals surface area contributed by atoms with Gasteiger partial charge in [-0.2, -0.15) is 5.10 Å². The van der Waals surface area contributed by atoms with Crippen molar-refractivity contribution in [1.29, 1.82) is 0 Å². The quantitative estimate of drug-likeness (QED) is 0.226. The van der Waals surface area contributed by atoms with E-state index in [9.17, 15) is 19.2 Å². The van der Waals surface area contributed by atoms with E-state index in [1.54, 1.807) is 12.1 Å². The molecule has 0 aliphatic carbocycles. The van der Waals surface area contributed by atoms with Crippen LogP contribution in [0.5, 0.6) is 0 Å². The number of rotatable bonds is 13. The molecule has 37 heavy (non-hydrogen) atoms. The number of aromatic nitrogens is 2. The number of aromatic amines is 1. The lowest BCUT2D eigenvalue weighted by Crippen LogP contribution is -2.42. The average molecular weight is 507 g/mol. The Labute approximate surface area is 216 Å². The Morgan fingerprint density at radius 3 is 2.19 bits per heavy atom. The summed E-state index contributed by atoms with van der Waals surface area (Å²) in [6, 6.07) is 15.1. The number of H-pyrrole nitrogens is 1. The SMILES string of the molecule is CC(C)CCC(=O)NCC(=O)NCC(=O)NCCCNC(=O)c1ccc(-c2n[nH]c3ccccc23)cc1. The van der Waals surface area contributed by atoms with Crippen LogP contribution in [0.3, 0.4) is 0 Å². The number of nitrogens with zero attached hydrogens (tertiary/aromatic N) is 1. The fraction of sp³-hybridized carbons (Fsp3) is 0.370. The highest BCUT2D eigenvalue weighted by Crippen LogP contribution is 2.26. The van der Waals surface area contributed by atoms with Crippen molar-refractivity contribution in [2.75, 3.05) is 26.2 Å². The maximum Gasteiger partial charge on any atom is 0.251 e. The van der Waals surface area contributed by atoms with E-state index in [1.165, 1.54) is 0 Å². The first-order valence-corrected chi connectivity index (χ1v) is 12.5. The van der Waals surface area contributed by atoms with Crippen LogP contribution in [0.4, 0.5) is 0 Å². The van der Waals surface area contributed by atoms with Crippen molar-refractivity contribution < 1.29 is 19.2 Å². The van der Waals surface area contributed by atoms with E-state index in [-0.39, 0.29) is 30.8 Å². The van der Waals surface area contributed by atoms with Gasteiger partial charge in [-0.1, -0.05) is 44.2 Å². The zero-order chi connectivity index (χ0) is 26.6. The first kappa shape index (κ1) is 27.4. The molecule has 0 aliphatic heterocycles.